The smallest absolute Gasteiger partial charge is 0.410 e. The van der Waals surface area contributed by atoms with Crippen molar-refractivity contribution >= 4 is 31.0 Å². The summed E-state index contributed by atoms with van der Waals surface area (Å²) in [6.45, 7) is 14.5. The number of fused-ring (bicyclic) bond motifs is 3. The third-order valence-electron chi connectivity index (χ3n) is 8.64. The van der Waals surface area contributed by atoms with Gasteiger partial charge in [0.15, 0.2) is 0 Å². The van der Waals surface area contributed by atoms with Crippen LogP contribution in [0.4, 0.5) is 15.0 Å². The van der Waals surface area contributed by atoms with Crippen molar-refractivity contribution in [1.29, 1.82) is 5.26 Å². The number of piperazine rings is 1. The van der Waals surface area contributed by atoms with Crippen molar-refractivity contribution in [3.8, 4) is 28.6 Å². The average molecular weight is 659 g/mol. The van der Waals surface area contributed by atoms with E-state index >= 15 is 0 Å². The first-order chi connectivity index (χ1) is 22.3. The number of aryl methyl sites for hydroxylation is 1. The summed E-state index contributed by atoms with van der Waals surface area (Å²) in [7, 11) is -1.29. The molecule has 0 radical (unpaired) electrons. The summed E-state index contributed by atoms with van der Waals surface area (Å²) < 4.78 is 28.4. The molecule has 0 spiro atoms. The molecule has 248 valence electrons. The van der Waals surface area contributed by atoms with Gasteiger partial charge in [-0.05, 0) is 57.5 Å². The number of piperidine rings is 1. The van der Waals surface area contributed by atoms with Gasteiger partial charge in [-0.1, -0.05) is 19.6 Å². The maximum absolute atomic E-state index is 13.1. The lowest BCUT2D eigenvalue weighted by atomic mass is 9.88. The van der Waals surface area contributed by atoms with Crippen LogP contribution in [0.3, 0.4) is 0 Å². The quantitative estimate of drug-likeness (QED) is 0.144. The van der Waals surface area contributed by atoms with Crippen molar-refractivity contribution in [3.63, 3.8) is 0 Å². The zero-order chi connectivity index (χ0) is 33.5. The third-order valence-corrected chi connectivity index (χ3v) is 10.3. The zero-order valence-corrected chi connectivity index (χ0v) is 29.0. The summed E-state index contributed by atoms with van der Waals surface area (Å²) in [4.78, 5) is 26.3. The number of pyridine rings is 2. The summed E-state index contributed by atoms with van der Waals surface area (Å²) in [5, 5.41) is 15.5. The van der Waals surface area contributed by atoms with Gasteiger partial charge in [0.25, 0.3) is 0 Å². The third kappa shape index (κ3) is 6.89. The second-order valence-electron chi connectivity index (χ2n) is 14.6. The van der Waals surface area contributed by atoms with E-state index < -0.39 is 20.3 Å². The van der Waals surface area contributed by atoms with Gasteiger partial charge in [-0.2, -0.15) is 10.4 Å². The molecule has 7 rings (SSSR count). The fraction of sp³-hybridized carbons (Fsp3) is 0.500. The van der Waals surface area contributed by atoms with Crippen LogP contribution in [0, 0.1) is 11.3 Å². The zero-order valence-electron chi connectivity index (χ0n) is 28.0. The van der Waals surface area contributed by atoms with E-state index in [1.54, 1.807) is 23.3 Å². The monoisotopic (exact) mass is 658 g/mol. The van der Waals surface area contributed by atoms with Crippen molar-refractivity contribution in [2.45, 2.75) is 83.8 Å². The van der Waals surface area contributed by atoms with Crippen LogP contribution in [-0.4, -0.2) is 87.4 Å². The summed E-state index contributed by atoms with van der Waals surface area (Å²) >= 11 is 0. The van der Waals surface area contributed by atoms with Gasteiger partial charge in [0.05, 0.1) is 29.9 Å². The number of halogens is 1. The van der Waals surface area contributed by atoms with Crippen molar-refractivity contribution in [1.82, 2.24) is 29.2 Å². The van der Waals surface area contributed by atoms with Gasteiger partial charge in [0.2, 0.25) is 0 Å². The second-order valence-corrected chi connectivity index (χ2v) is 20.2. The van der Waals surface area contributed by atoms with E-state index in [-0.39, 0.29) is 31.5 Å². The molecule has 2 atom stereocenters. The summed E-state index contributed by atoms with van der Waals surface area (Å²) in [5.74, 6) is 0.823. The lowest BCUT2D eigenvalue weighted by molar-refractivity contribution is -0.0380. The van der Waals surface area contributed by atoms with Crippen LogP contribution in [0.25, 0.3) is 33.5 Å². The molecule has 0 N–H and O–H groups in total. The second kappa shape index (κ2) is 12.7. The van der Waals surface area contributed by atoms with E-state index in [2.05, 4.69) is 35.7 Å². The Balaban J connectivity index is 1.30. The predicted octanol–water partition coefficient (Wildman–Crippen LogP) is 6.31. The van der Waals surface area contributed by atoms with Gasteiger partial charge in [-0.3, -0.25) is 14.1 Å². The molecule has 1 amide bonds. The molecule has 3 aliphatic rings. The first-order valence-electron chi connectivity index (χ1n) is 16.2. The number of alkyl halides is 1. The van der Waals surface area contributed by atoms with Gasteiger partial charge >= 0.3 is 6.09 Å². The molecule has 0 aliphatic carbocycles. The fourth-order valence-electron chi connectivity index (χ4n) is 6.31. The molecule has 3 fully saturated rings. The maximum Gasteiger partial charge on any atom is 0.410 e. The van der Waals surface area contributed by atoms with E-state index in [4.69, 9.17) is 19.4 Å². The minimum atomic E-state index is -1.29. The lowest BCUT2D eigenvalue weighted by Crippen LogP contribution is -2.70. The number of ether oxygens (including phenoxy) is 2. The molecule has 0 saturated carbocycles. The Morgan fingerprint density at radius 3 is 2.53 bits per heavy atom. The molecule has 47 heavy (non-hydrogen) atoms. The van der Waals surface area contributed by atoms with Crippen molar-refractivity contribution < 1.29 is 18.7 Å². The van der Waals surface area contributed by atoms with E-state index in [9.17, 15) is 14.4 Å². The van der Waals surface area contributed by atoms with Gasteiger partial charge in [0.1, 0.15) is 42.2 Å². The predicted molar refractivity (Wildman–Crippen MR) is 181 cm³/mol. The molecule has 7 heterocycles. The van der Waals surface area contributed by atoms with Crippen LogP contribution in [0.15, 0.2) is 42.9 Å². The van der Waals surface area contributed by atoms with Gasteiger partial charge in [0, 0.05) is 62.9 Å². The molecule has 11 nitrogen and oxygen atoms in total. The van der Waals surface area contributed by atoms with Gasteiger partial charge in [-0.15, -0.1) is 0 Å². The van der Waals surface area contributed by atoms with Crippen LogP contribution >= 0.6 is 0 Å². The first kappa shape index (κ1) is 32.6. The van der Waals surface area contributed by atoms with Gasteiger partial charge in [-0.25, -0.2) is 19.2 Å². The number of hydrogen-bond donors (Lipinski definition) is 0. The summed E-state index contributed by atoms with van der Waals surface area (Å²) in [6.07, 6.45) is 5.86. The van der Waals surface area contributed by atoms with Crippen LogP contribution in [0.2, 0.25) is 25.7 Å². The molecular weight excluding hydrogens is 616 g/mol. The topological polar surface area (TPSA) is 114 Å². The molecule has 4 aromatic heterocycles. The Morgan fingerprint density at radius 1 is 1.13 bits per heavy atom. The molecule has 13 heteroatoms. The summed E-state index contributed by atoms with van der Waals surface area (Å²) in [6, 6.07) is 11.3. The average Bonchev–Trinajstić information content (AvgIpc) is 3.62. The largest absolute Gasteiger partial charge is 0.444 e. The fourth-order valence-corrected chi connectivity index (χ4v) is 7.07. The van der Waals surface area contributed by atoms with Crippen LogP contribution in [0.1, 0.15) is 32.8 Å². The SMILES string of the molecule is CC(C)(C)OC(=O)N1C2CC1CN(c1ccc(-c3c(C#N)cnc4c3cc(-c3ccn(CCF)n3)n4COCC[Si](C)(C)C)cn1)C2. The lowest BCUT2D eigenvalue weighted by Gasteiger charge is -2.56. The Hall–Kier alpha value is -4.28. The standard InChI is InChI=1S/C34H43FN8O3Si/c1-34(2,3)46-33(44)43-25-15-26(43)21-40(20-25)30-8-7-23(18-37-30)31-24(17-36)19-38-32-27(31)16-29(28-9-11-41(39-28)12-10-35)42(32)22-45-13-14-47(4,5)6/h7-9,11,16,18-19,25-26H,10,12-15,20-22H2,1-6H3. The Morgan fingerprint density at radius 2 is 1.89 bits per heavy atom. The van der Waals surface area contributed by atoms with Gasteiger partial charge < -0.3 is 14.4 Å². The number of nitrogens with zero attached hydrogens (tertiary/aromatic N) is 8. The van der Waals surface area contributed by atoms with E-state index in [0.29, 0.717) is 36.6 Å². The number of carbonyl (C=O) groups is 1. The number of carbonyl (C=O) groups excluding carboxylic acids is 1. The molecule has 3 saturated heterocycles. The number of aromatic nitrogens is 5. The molecule has 2 bridgehead atoms. The first-order valence-corrected chi connectivity index (χ1v) is 19.9. The van der Waals surface area contributed by atoms with Crippen molar-refractivity contribution in [3.05, 3.63) is 48.4 Å². The highest BCUT2D eigenvalue weighted by Gasteiger charge is 2.49. The number of hydrogen-bond acceptors (Lipinski definition) is 8. The minimum Gasteiger partial charge on any atom is -0.444 e. The number of rotatable bonds is 10. The maximum atomic E-state index is 13.1. The highest BCUT2D eigenvalue weighted by molar-refractivity contribution is 6.76. The molecule has 2 unspecified atom stereocenters. The summed E-state index contributed by atoms with van der Waals surface area (Å²) in [5.41, 5.74) is 3.56. The highest BCUT2D eigenvalue weighted by atomic mass is 28.3. The van der Waals surface area contributed by atoms with Crippen LogP contribution in [0.5, 0.6) is 0 Å². The normalized spacial score (nSPS) is 17.9. The van der Waals surface area contributed by atoms with Crippen LogP contribution in [-0.2, 0) is 22.7 Å². The minimum absolute atomic E-state index is 0.0922. The number of amides is 1. The Kier molecular flexibility index (Phi) is 8.84. The van der Waals surface area contributed by atoms with Crippen molar-refractivity contribution in [2.24, 2.45) is 0 Å². The van der Waals surface area contributed by atoms with Crippen LogP contribution < -0.4 is 4.90 Å². The van der Waals surface area contributed by atoms with E-state index in [1.807, 2.05) is 54.5 Å². The van der Waals surface area contributed by atoms with E-state index in [0.717, 1.165) is 40.5 Å². The number of anilines is 1. The van der Waals surface area contributed by atoms with Crippen molar-refractivity contribution in [2.75, 3.05) is 31.3 Å². The Bertz CT molecular complexity index is 1790. The van der Waals surface area contributed by atoms with E-state index in [1.165, 1.54) is 0 Å². The highest BCUT2D eigenvalue weighted by Crippen LogP contribution is 2.38. The molecule has 4 aromatic rings. The Labute approximate surface area is 275 Å². The number of nitriles is 1. The molecule has 3 aliphatic heterocycles. The molecule has 0 aromatic carbocycles. The molecular formula is C34H43FN8O3Si.